The number of hydrogen-bond acceptors (Lipinski definition) is 5. The first kappa shape index (κ1) is 16.4. The standard InChI is InChI=1S/C17H17N5O3/c1-11-4-6-13(7-5-11)19-17(24)21-20-16(23)15-9-14(22-25-15)12-3-2-8-18-10-12/h2-8,10,15H,9H2,1H3,(H,20,23)(H2,19,21,24)/t15-/m1/s1. The first-order valence-corrected chi connectivity index (χ1v) is 7.68. The average molecular weight is 339 g/mol. The molecule has 0 radical (unpaired) electrons. The summed E-state index contributed by atoms with van der Waals surface area (Å²) >= 11 is 0. The van der Waals surface area contributed by atoms with Crippen molar-refractivity contribution in [2.45, 2.75) is 19.4 Å². The van der Waals surface area contributed by atoms with Crippen LogP contribution < -0.4 is 16.2 Å². The Labute approximate surface area is 144 Å². The number of hydrazine groups is 1. The lowest BCUT2D eigenvalue weighted by Gasteiger charge is -2.11. The van der Waals surface area contributed by atoms with Crippen LogP contribution in [0.25, 0.3) is 0 Å². The van der Waals surface area contributed by atoms with Gasteiger partial charge in [0.2, 0.25) is 6.10 Å². The molecule has 1 aliphatic rings. The Balaban J connectivity index is 1.45. The third-order valence-corrected chi connectivity index (χ3v) is 3.56. The van der Waals surface area contributed by atoms with Crippen LogP contribution in [0.4, 0.5) is 10.5 Å². The molecule has 1 aliphatic heterocycles. The SMILES string of the molecule is Cc1ccc(NC(=O)NNC(=O)[C@H]2CC(c3cccnc3)=NO2)cc1. The van der Waals surface area contributed by atoms with Gasteiger partial charge < -0.3 is 10.2 Å². The number of nitrogens with one attached hydrogen (secondary N) is 3. The van der Waals surface area contributed by atoms with Crippen molar-refractivity contribution in [3.63, 3.8) is 0 Å². The maximum atomic E-state index is 12.1. The number of amides is 3. The van der Waals surface area contributed by atoms with Crippen molar-refractivity contribution < 1.29 is 14.4 Å². The van der Waals surface area contributed by atoms with E-state index in [0.717, 1.165) is 11.1 Å². The zero-order chi connectivity index (χ0) is 17.6. The predicted molar refractivity (Wildman–Crippen MR) is 91.7 cm³/mol. The lowest BCUT2D eigenvalue weighted by molar-refractivity contribution is -0.131. The number of carbonyl (C=O) groups excluding carboxylic acids is 2. The Kier molecular flexibility index (Phi) is 4.89. The van der Waals surface area contributed by atoms with Crippen LogP contribution in [-0.2, 0) is 9.63 Å². The fourth-order valence-electron chi connectivity index (χ4n) is 2.22. The van der Waals surface area contributed by atoms with E-state index in [1.165, 1.54) is 0 Å². The van der Waals surface area contributed by atoms with Crippen molar-refractivity contribution in [1.82, 2.24) is 15.8 Å². The largest absolute Gasteiger partial charge is 0.382 e. The summed E-state index contributed by atoms with van der Waals surface area (Å²) in [6.45, 7) is 1.95. The zero-order valence-corrected chi connectivity index (χ0v) is 13.5. The van der Waals surface area contributed by atoms with E-state index >= 15 is 0 Å². The van der Waals surface area contributed by atoms with E-state index in [0.29, 0.717) is 17.8 Å². The maximum Gasteiger partial charge on any atom is 0.337 e. The van der Waals surface area contributed by atoms with Gasteiger partial charge in [0.15, 0.2) is 0 Å². The van der Waals surface area contributed by atoms with Crippen molar-refractivity contribution in [2.24, 2.45) is 5.16 Å². The second-order valence-electron chi connectivity index (χ2n) is 5.51. The number of nitrogens with zero attached hydrogens (tertiary/aromatic N) is 2. The van der Waals surface area contributed by atoms with Crippen molar-refractivity contribution in [3.05, 3.63) is 59.9 Å². The Bertz CT molecular complexity index is 790. The van der Waals surface area contributed by atoms with Crippen LogP contribution >= 0.6 is 0 Å². The van der Waals surface area contributed by atoms with Crippen molar-refractivity contribution in [3.8, 4) is 0 Å². The monoisotopic (exact) mass is 339 g/mol. The van der Waals surface area contributed by atoms with Gasteiger partial charge in [-0.1, -0.05) is 22.9 Å². The summed E-state index contributed by atoms with van der Waals surface area (Å²) in [6, 6.07) is 10.3. The zero-order valence-electron chi connectivity index (χ0n) is 13.5. The number of anilines is 1. The van der Waals surface area contributed by atoms with Gasteiger partial charge in [0, 0.05) is 30.1 Å². The summed E-state index contributed by atoms with van der Waals surface area (Å²) in [5.74, 6) is -0.485. The van der Waals surface area contributed by atoms with E-state index in [-0.39, 0.29) is 0 Å². The third-order valence-electron chi connectivity index (χ3n) is 3.56. The normalized spacial score (nSPS) is 15.7. The number of pyridine rings is 1. The lowest BCUT2D eigenvalue weighted by Crippen LogP contribution is -2.48. The predicted octanol–water partition coefficient (Wildman–Crippen LogP) is 1.74. The van der Waals surface area contributed by atoms with Crippen LogP contribution in [-0.4, -0.2) is 28.7 Å². The van der Waals surface area contributed by atoms with Gasteiger partial charge in [-0.3, -0.25) is 15.2 Å². The highest BCUT2D eigenvalue weighted by molar-refractivity contribution is 6.04. The van der Waals surface area contributed by atoms with Gasteiger partial charge in [0.25, 0.3) is 5.91 Å². The van der Waals surface area contributed by atoms with Crippen LogP contribution in [0.15, 0.2) is 53.9 Å². The molecule has 2 heterocycles. The molecule has 3 rings (SSSR count). The molecule has 0 saturated carbocycles. The third kappa shape index (κ3) is 4.31. The summed E-state index contributed by atoms with van der Waals surface area (Å²) in [6.07, 6.45) is 2.81. The smallest absolute Gasteiger partial charge is 0.337 e. The van der Waals surface area contributed by atoms with E-state index < -0.39 is 18.0 Å². The van der Waals surface area contributed by atoms with Gasteiger partial charge in [-0.15, -0.1) is 0 Å². The molecule has 0 unspecified atom stereocenters. The fraction of sp³-hybridized carbons (Fsp3) is 0.176. The van der Waals surface area contributed by atoms with Crippen LogP contribution in [0.3, 0.4) is 0 Å². The first-order valence-electron chi connectivity index (χ1n) is 7.68. The highest BCUT2D eigenvalue weighted by Crippen LogP contribution is 2.15. The molecule has 0 aliphatic carbocycles. The molecule has 128 valence electrons. The quantitative estimate of drug-likeness (QED) is 0.741. The minimum Gasteiger partial charge on any atom is -0.382 e. The number of oxime groups is 1. The summed E-state index contributed by atoms with van der Waals surface area (Å²) < 4.78 is 0. The highest BCUT2D eigenvalue weighted by atomic mass is 16.6. The molecule has 3 N–H and O–H groups in total. The molecule has 0 bridgehead atoms. The van der Waals surface area contributed by atoms with E-state index in [1.54, 1.807) is 30.6 Å². The van der Waals surface area contributed by atoms with Gasteiger partial charge in [-0.25, -0.2) is 10.2 Å². The highest BCUT2D eigenvalue weighted by Gasteiger charge is 2.29. The van der Waals surface area contributed by atoms with Crippen molar-refractivity contribution >= 4 is 23.3 Å². The molecule has 0 saturated heterocycles. The Morgan fingerprint density at radius 3 is 2.68 bits per heavy atom. The van der Waals surface area contributed by atoms with Crippen LogP contribution in [0.5, 0.6) is 0 Å². The summed E-state index contributed by atoms with van der Waals surface area (Å²) in [7, 11) is 0. The van der Waals surface area contributed by atoms with Gasteiger partial charge in [0.1, 0.15) is 0 Å². The fourth-order valence-corrected chi connectivity index (χ4v) is 2.22. The molecule has 1 aromatic heterocycles. The number of rotatable bonds is 3. The number of carbonyl (C=O) groups is 2. The van der Waals surface area contributed by atoms with Crippen molar-refractivity contribution in [2.75, 3.05) is 5.32 Å². The van der Waals surface area contributed by atoms with E-state index in [1.807, 2.05) is 25.1 Å². The Hall–Kier alpha value is -3.42. The van der Waals surface area contributed by atoms with Gasteiger partial charge in [-0.05, 0) is 31.2 Å². The molecule has 8 nitrogen and oxygen atoms in total. The molecule has 0 spiro atoms. The Morgan fingerprint density at radius 2 is 1.96 bits per heavy atom. The minimum atomic E-state index is -0.796. The summed E-state index contributed by atoms with van der Waals surface area (Å²) in [5, 5.41) is 6.51. The number of urea groups is 1. The van der Waals surface area contributed by atoms with Crippen LogP contribution in [0.2, 0.25) is 0 Å². The molecule has 3 amide bonds. The number of hydrogen-bond donors (Lipinski definition) is 3. The number of aryl methyl sites for hydroxylation is 1. The minimum absolute atomic E-state index is 0.304. The molecular weight excluding hydrogens is 322 g/mol. The van der Waals surface area contributed by atoms with Gasteiger partial charge >= 0.3 is 6.03 Å². The molecule has 2 aromatic rings. The van der Waals surface area contributed by atoms with Gasteiger partial charge in [0.05, 0.1) is 5.71 Å². The molecule has 8 heteroatoms. The molecule has 1 atom stereocenters. The number of benzene rings is 1. The van der Waals surface area contributed by atoms with E-state index in [2.05, 4.69) is 26.3 Å². The second kappa shape index (κ2) is 7.43. The topological polar surface area (TPSA) is 105 Å². The second-order valence-corrected chi connectivity index (χ2v) is 5.51. The molecular formula is C17H17N5O3. The molecule has 25 heavy (non-hydrogen) atoms. The summed E-state index contributed by atoms with van der Waals surface area (Å²) in [4.78, 5) is 33.0. The molecule has 1 aromatic carbocycles. The lowest BCUT2D eigenvalue weighted by atomic mass is 10.1. The van der Waals surface area contributed by atoms with Crippen LogP contribution in [0.1, 0.15) is 17.5 Å². The van der Waals surface area contributed by atoms with Gasteiger partial charge in [-0.2, -0.15) is 0 Å². The molecule has 0 fully saturated rings. The summed E-state index contributed by atoms with van der Waals surface area (Å²) in [5.41, 5.74) is 7.74. The number of aromatic nitrogens is 1. The van der Waals surface area contributed by atoms with E-state index in [4.69, 9.17) is 4.84 Å². The van der Waals surface area contributed by atoms with Crippen LogP contribution in [0, 0.1) is 6.92 Å². The maximum absolute atomic E-state index is 12.1. The Morgan fingerprint density at radius 1 is 1.16 bits per heavy atom. The average Bonchev–Trinajstić information content (AvgIpc) is 3.13. The van der Waals surface area contributed by atoms with E-state index in [9.17, 15) is 9.59 Å². The first-order chi connectivity index (χ1) is 12.1. The van der Waals surface area contributed by atoms with Crippen molar-refractivity contribution in [1.29, 1.82) is 0 Å².